The van der Waals surface area contributed by atoms with E-state index in [1.54, 1.807) is 0 Å². The predicted molar refractivity (Wildman–Crippen MR) is 117 cm³/mol. The van der Waals surface area contributed by atoms with E-state index in [4.69, 9.17) is 4.52 Å². The van der Waals surface area contributed by atoms with Gasteiger partial charge < -0.3 is 14.3 Å². The summed E-state index contributed by atoms with van der Waals surface area (Å²) in [5.74, 6) is -0.338. The third kappa shape index (κ3) is 4.21. The molecule has 2 amide bonds. The number of nitrogens with zero attached hydrogens (tertiary/aromatic N) is 4. The average Bonchev–Trinajstić information content (AvgIpc) is 3.20. The first kappa shape index (κ1) is 20.8. The molecular formula is C24H26N4O3. The first-order valence-electron chi connectivity index (χ1n) is 10.3. The monoisotopic (exact) mass is 418 g/mol. The molecule has 0 aliphatic carbocycles. The maximum Gasteiger partial charge on any atom is 0.316 e. The minimum atomic E-state index is -0.566. The Morgan fingerprint density at radius 1 is 0.968 bits per heavy atom. The molecule has 2 heterocycles. The number of hydrogen-bond donors (Lipinski definition) is 0. The van der Waals surface area contributed by atoms with Gasteiger partial charge in [0.1, 0.15) is 6.54 Å². The Bertz CT molecular complexity index is 1110. The summed E-state index contributed by atoms with van der Waals surface area (Å²) in [6.07, 6.45) is 0. The number of aryl methyl sites for hydroxylation is 1. The van der Waals surface area contributed by atoms with Gasteiger partial charge in [0.05, 0.1) is 0 Å². The van der Waals surface area contributed by atoms with Gasteiger partial charge in [0.2, 0.25) is 11.7 Å². The molecule has 1 aliphatic rings. The summed E-state index contributed by atoms with van der Waals surface area (Å²) in [5.41, 5.74) is 3.84. The Balaban J connectivity index is 1.45. The lowest BCUT2D eigenvalue weighted by atomic mass is 9.87. The van der Waals surface area contributed by atoms with Crippen LogP contribution in [0.3, 0.4) is 0 Å². The zero-order valence-corrected chi connectivity index (χ0v) is 18.3. The third-order valence-corrected chi connectivity index (χ3v) is 5.52. The van der Waals surface area contributed by atoms with Crippen molar-refractivity contribution in [3.63, 3.8) is 0 Å². The molecule has 0 unspecified atom stereocenters. The molecule has 0 spiro atoms. The molecule has 0 N–H and O–H groups in total. The summed E-state index contributed by atoms with van der Waals surface area (Å²) < 4.78 is 5.35. The van der Waals surface area contributed by atoms with E-state index >= 15 is 0 Å². The van der Waals surface area contributed by atoms with E-state index in [1.165, 1.54) is 15.4 Å². The van der Waals surface area contributed by atoms with E-state index in [0.29, 0.717) is 24.8 Å². The summed E-state index contributed by atoms with van der Waals surface area (Å²) in [6.45, 7) is 9.33. The van der Waals surface area contributed by atoms with Gasteiger partial charge in [0, 0.05) is 24.3 Å². The second-order valence-corrected chi connectivity index (χ2v) is 8.81. The van der Waals surface area contributed by atoms with Gasteiger partial charge in [-0.05, 0) is 29.5 Å². The number of rotatable bonds is 4. The minimum Gasteiger partial charge on any atom is -0.337 e. The normalized spacial score (nSPS) is 15.0. The predicted octanol–water partition coefficient (Wildman–Crippen LogP) is 3.72. The van der Waals surface area contributed by atoms with Crippen LogP contribution in [0.25, 0.3) is 11.4 Å². The van der Waals surface area contributed by atoms with Crippen LogP contribution in [0.5, 0.6) is 0 Å². The Morgan fingerprint density at radius 3 is 2.35 bits per heavy atom. The zero-order chi connectivity index (χ0) is 22.2. The van der Waals surface area contributed by atoms with Crippen molar-refractivity contribution < 1.29 is 14.1 Å². The molecule has 0 saturated carbocycles. The second-order valence-electron chi connectivity index (χ2n) is 8.81. The van der Waals surface area contributed by atoms with Crippen molar-refractivity contribution in [1.29, 1.82) is 0 Å². The highest BCUT2D eigenvalue weighted by Crippen LogP contribution is 2.26. The highest BCUT2D eigenvalue weighted by Gasteiger charge is 2.34. The van der Waals surface area contributed by atoms with Gasteiger partial charge in [0.25, 0.3) is 0 Å². The number of amides is 2. The van der Waals surface area contributed by atoms with Crippen molar-refractivity contribution in [2.45, 2.75) is 39.7 Å². The Hall–Kier alpha value is -3.48. The fourth-order valence-corrected chi connectivity index (χ4v) is 3.64. The van der Waals surface area contributed by atoms with Crippen LogP contribution in [0, 0.1) is 6.92 Å². The maximum absolute atomic E-state index is 12.7. The van der Waals surface area contributed by atoms with Crippen LogP contribution in [0.4, 0.5) is 5.69 Å². The number of hydrogen-bond acceptors (Lipinski definition) is 5. The van der Waals surface area contributed by atoms with Gasteiger partial charge in [0.15, 0.2) is 0 Å². The van der Waals surface area contributed by atoms with Crippen LogP contribution in [-0.4, -0.2) is 39.9 Å². The topological polar surface area (TPSA) is 79.5 Å². The average molecular weight is 418 g/mol. The van der Waals surface area contributed by atoms with Crippen molar-refractivity contribution >= 4 is 17.5 Å². The van der Waals surface area contributed by atoms with E-state index < -0.39 is 11.8 Å². The van der Waals surface area contributed by atoms with Crippen molar-refractivity contribution in [2.75, 3.05) is 18.0 Å². The molecule has 1 aliphatic heterocycles. The molecule has 7 nitrogen and oxygen atoms in total. The molecule has 0 atom stereocenters. The highest BCUT2D eigenvalue weighted by atomic mass is 16.5. The van der Waals surface area contributed by atoms with Gasteiger partial charge >= 0.3 is 11.8 Å². The lowest BCUT2D eigenvalue weighted by Gasteiger charge is -2.33. The van der Waals surface area contributed by atoms with E-state index in [1.807, 2.05) is 43.3 Å². The van der Waals surface area contributed by atoms with Crippen LogP contribution in [0.2, 0.25) is 0 Å². The highest BCUT2D eigenvalue weighted by molar-refractivity contribution is 6.41. The Kier molecular flexibility index (Phi) is 5.35. The summed E-state index contributed by atoms with van der Waals surface area (Å²) in [7, 11) is 0. The van der Waals surface area contributed by atoms with Crippen molar-refractivity contribution in [3.05, 3.63) is 65.5 Å². The molecule has 160 valence electrons. The summed E-state index contributed by atoms with van der Waals surface area (Å²) in [6, 6.07) is 15.6. The largest absolute Gasteiger partial charge is 0.337 e. The van der Waals surface area contributed by atoms with Crippen molar-refractivity contribution in [2.24, 2.45) is 0 Å². The van der Waals surface area contributed by atoms with E-state index in [0.717, 1.165) is 16.8 Å². The molecule has 2 aromatic carbocycles. The number of aromatic nitrogens is 2. The van der Waals surface area contributed by atoms with Gasteiger partial charge in [-0.15, -0.1) is 0 Å². The van der Waals surface area contributed by atoms with E-state index in [2.05, 4.69) is 43.0 Å². The van der Waals surface area contributed by atoms with Gasteiger partial charge in [-0.2, -0.15) is 4.98 Å². The van der Waals surface area contributed by atoms with Crippen LogP contribution < -0.4 is 4.90 Å². The standard InChI is InChI=1S/C24H26N4O3/c1-16-7-5-6-8-19(16)28-14-13-27(22(29)23(28)30)15-20-25-21(26-31-20)17-9-11-18(12-10-17)24(2,3)4/h5-12H,13-15H2,1-4H3. The summed E-state index contributed by atoms with van der Waals surface area (Å²) in [4.78, 5) is 32.8. The smallest absolute Gasteiger partial charge is 0.316 e. The molecule has 7 heteroatoms. The van der Waals surface area contributed by atoms with Crippen LogP contribution in [-0.2, 0) is 21.5 Å². The Labute approximate surface area is 181 Å². The first-order valence-corrected chi connectivity index (χ1v) is 10.3. The summed E-state index contributed by atoms with van der Waals surface area (Å²) in [5, 5.41) is 4.04. The Morgan fingerprint density at radius 2 is 1.68 bits per heavy atom. The van der Waals surface area contributed by atoms with Crippen molar-refractivity contribution in [3.8, 4) is 11.4 Å². The van der Waals surface area contributed by atoms with Crippen LogP contribution in [0.15, 0.2) is 53.1 Å². The zero-order valence-electron chi connectivity index (χ0n) is 18.3. The number of carbonyl (C=O) groups excluding carboxylic acids is 2. The fraction of sp³-hybridized carbons (Fsp3) is 0.333. The van der Waals surface area contributed by atoms with Crippen LogP contribution >= 0.6 is 0 Å². The molecule has 0 radical (unpaired) electrons. The van der Waals surface area contributed by atoms with Crippen LogP contribution in [0.1, 0.15) is 37.8 Å². The first-order chi connectivity index (χ1) is 14.7. The number of para-hydroxylation sites is 1. The molecular weight excluding hydrogens is 392 g/mol. The molecule has 31 heavy (non-hydrogen) atoms. The minimum absolute atomic E-state index is 0.0638. The fourth-order valence-electron chi connectivity index (χ4n) is 3.64. The molecule has 4 rings (SSSR count). The molecule has 1 aromatic heterocycles. The molecule has 1 fully saturated rings. The lowest BCUT2D eigenvalue weighted by molar-refractivity contribution is -0.146. The van der Waals surface area contributed by atoms with Gasteiger partial charge in [-0.25, -0.2) is 0 Å². The van der Waals surface area contributed by atoms with Crippen molar-refractivity contribution in [1.82, 2.24) is 15.0 Å². The number of anilines is 1. The van der Waals surface area contributed by atoms with E-state index in [9.17, 15) is 9.59 Å². The maximum atomic E-state index is 12.7. The summed E-state index contributed by atoms with van der Waals surface area (Å²) >= 11 is 0. The van der Waals surface area contributed by atoms with Gasteiger partial charge in [-0.3, -0.25) is 9.59 Å². The molecule has 0 bridgehead atoms. The quantitative estimate of drug-likeness (QED) is 0.604. The van der Waals surface area contributed by atoms with E-state index in [-0.39, 0.29) is 12.0 Å². The van der Waals surface area contributed by atoms with Gasteiger partial charge in [-0.1, -0.05) is 68.4 Å². The molecule has 1 saturated heterocycles. The number of benzene rings is 2. The second kappa shape index (κ2) is 7.98. The lowest BCUT2D eigenvalue weighted by Crippen LogP contribution is -2.54. The number of carbonyl (C=O) groups is 2. The molecule has 3 aromatic rings. The third-order valence-electron chi connectivity index (χ3n) is 5.52. The SMILES string of the molecule is Cc1ccccc1N1CCN(Cc2nc(-c3ccc(C(C)(C)C)cc3)no2)C(=O)C1=O. The number of piperazine rings is 1.